The fourth-order valence-corrected chi connectivity index (χ4v) is 2.17. The minimum Gasteiger partial charge on any atom is -0.368 e. The lowest BCUT2D eigenvalue weighted by atomic mass is 10.0. The summed E-state index contributed by atoms with van der Waals surface area (Å²) in [5, 5.41) is 8.33. The van der Waals surface area contributed by atoms with Crippen LogP contribution in [0.25, 0.3) is 0 Å². The average molecular weight is 233 g/mol. The van der Waals surface area contributed by atoms with Crippen LogP contribution in [0.5, 0.6) is 0 Å². The van der Waals surface area contributed by atoms with E-state index in [4.69, 9.17) is 0 Å². The fraction of sp³-hybridized carbons (Fsp3) is 0.333. The molecular formula is C12H15N3S. The summed E-state index contributed by atoms with van der Waals surface area (Å²) in [7, 11) is 0. The molecule has 1 aromatic carbocycles. The van der Waals surface area contributed by atoms with Crippen molar-refractivity contribution >= 4 is 16.5 Å². The second-order valence-corrected chi connectivity index (χ2v) is 4.46. The normalized spacial score (nSPS) is 12.3. The van der Waals surface area contributed by atoms with Gasteiger partial charge in [-0.15, -0.1) is 5.10 Å². The first kappa shape index (κ1) is 11.1. The molecule has 1 heterocycles. The summed E-state index contributed by atoms with van der Waals surface area (Å²) < 4.78 is 3.86. The van der Waals surface area contributed by atoms with Crippen molar-refractivity contribution in [3.05, 3.63) is 42.1 Å². The van der Waals surface area contributed by atoms with Crippen LogP contribution in [0, 0.1) is 0 Å². The largest absolute Gasteiger partial charge is 0.368 e. The quantitative estimate of drug-likeness (QED) is 0.859. The van der Waals surface area contributed by atoms with Gasteiger partial charge in [0.25, 0.3) is 0 Å². The third-order valence-electron chi connectivity index (χ3n) is 2.46. The molecule has 0 saturated heterocycles. The third kappa shape index (κ3) is 2.79. The zero-order chi connectivity index (χ0) is 11.2. The van der Waals surface area contributed by atoms with E-state index in [2.05, 4.69) is 46.1 Å². The zero-order valence-electron chi connectivity index (χ0n) is 9.26. The highest BCUT2D eigenvalue weighted by atomic mass is 32.1. The lowest BCUT2D eigenvalue weighted by Gasteiger charge is -2.17. The van der Waals surface area contributed by atoms with Crippen molar-refractivity contribution in [2.45, 2.75) is 25.8 Å². The Morgan fingerprint density at radius 1 is 1.31 bits per heavy atom. The molecule has 0 spiro atoms. The molecule has 0 bridgehead atoms. The minimum absolute atomic E-state index is 0.355. The Kier molecular flexibility index (Phi) is 3.88. The van der Waals surface area contributed by atoms with Crippen LogP contribution in [0.2, 0.25) is 0 Å². The van der Waals surface area contributed by atoms with Gasteiger partial charge in [-0.25, -0.2) is 0 Å². The summed E-state index contributed by atoms with van der Waals surface area (Å²) in [5.74, 6) is 0. The molecule has 0 radical (unpaired) electrons. The Bertz CT molecular complexity index is 399. The van der Waals surface area contributed by atoms with Crippen LogP contribution in [-0.4, -0.2) is 9.59 Å². The van der Waals surface area contributed by atoms with E-state index in [9.17, 15) is 0 Å². The fourth-order valence-electron chi connectivity index (χ4n) is 1.70. The van der Waals surface area contributed by atoms with Gasteiger partial charge in [-0.3, -0.25) is 0 Å². The van der Waals surface area contributed by atoms with E-state index < -0.39 is 0 Å². The molecule has 0 aliphatic carbocycles. The molecule has 0 aliphatic rings. The number of aromatic nitrogens is 2. The Labute approximate surface area is 99.7 Å². The topological polar surface area (TPSA) is 37.8 Å². The van der Waals surface area contributed by atoms with Gasteiger partial charge in [-0.1, -0.05) is 48.2 Å². The molecule has 1 aromatic heterocycles. The molecule has 3 nitrogen and oxygen atoms in total. The van der Waals surface area contributed by atoms with Gasteiger partial charge in [0.05, 0.1) is 12.2 Å². The Hall–Kier alpha value is -1.42. The maximum absolute atomic E-state index is 3.86. The van der Waals surface area contributed by atoms with Crippen LogP contribution in [0.4, 0.5) is 5.00 Å². The molecule has 1 unspecified atom stereocenters. The first-order chi connectivity index (χ1) is 7.90. The monoisotopic (exact) mass is 233 g/mol. The highest BCUT2D eigenvalue weighted by Gasteiger charge is 2.10. The van der Waals surface area contributed by atoms with Gasteiger partial charge in [-0.05, 0) is 12.0 Å². The van der Waals surface area contributed by atoms with Crippen LogP contribution in [0.3, 0.4) is 0 Å². The summed E-state index contributed by atoms with van der Waals surface area (Å²) in [4.78, 5) is 0. The Morgan fingerprint density at radius 2 is 2.12 bits per heavy atom. The van der Waals surface area contributed by atoms with Crippen molar-refractivity contribution in [2.24, 2.45) is 0 Å². The second-order valence-electron chi connectivity index (χ2n) is 3.68. The van der Waals surface area contributed by atoms with E-state index >= 15 is 0 Å². The molecule has 0 fully saturated rings. The standard InChI is InChI=1S/C12H15N3S/c1-2-6-11(10-7-4-3-5-8-10)14-12-9-13-15-16-12/h3-5,7-9,11,14H,2,6H2,1H3. The van der Waals surface area contributed by atoms with Crippen molar-refractivity contribution in [1.29, 1.82) is 0 Å². The molecule has 4 heteroatoms. The van der Waals surface area contributed by atoms with Crippen LogP contribution in [0.15, 0.2) is 36.5 Å². The SMILES string of the molecule is CCCC(Nc1cnns1)c1ccccc1. The van der Waals surface area contributed by atoms with Crippen molar-refractivity contribution in [2.75, 3.05) is 5.32 Å². The maximum atomic E-state index is 3.86. The van der Waals surface area contributed by atoms with Gasteiger partial charge < -0.3 is 5.32 Å². The summed E-state index contributed by atoms with van der Waals surface area (Å²) >= 11 is 1.40. The van der Waals surface area contributed by atoms with E-state index in [0.29, 0.717) is 6.04 Å². The van der Waals surface area contributed by atoms with E-state index in [0.717, 1.165) is 17.8 Å². The summed E-state index contributed by atoms with van der Waals surface area (Å²) in [6.45, 7) is 2.20. The van der Waals surface area contributed by atoms with Crippen LogP contribution in [0.1, 0.15) is 31.4 Å². The first-order valence-electron chi connectivity index (χ1n) is 5.49. The van der Waals surface area contributed by atoms with Gasteiger partial charge in [0.15, 0.2) is 0 Å². The number of benzene rings is 1. The molecule has 2 aromatic rings. The molecule has 84 valence electrons. The predicted molar refractivity (Wildman–Crippen MR) is 67.6 cm³/mol. The zero-order valence-corrected chi connectivity index (χ0v) is 10.1. The van der Waals surface area contributed by atoms with Gasteiger partial charge in [-0.2, -0.15) is 0 Å². The molecule has 0 saturated carbocycles. The molecule has 0 amide bonds. The van der Waals surface area contributed by atoms with Crippen molar-refractivity contribution in [1.82, 2.24) is 9.59 Å². The number of hydrogen-bond acceptors (Lipinski definition) is 4. The molecule has 2 rings (SSSR count). The summed E-state index contributed by atoms with van der Waals surface area (Å²) in [6.07, 6.45) is 4.04. The third-order valence-corrected chi connectivity index (χ3v) is 3.05. The molecule has 0 aliphatic heterocycles. The van der Waals surface area contributed by atoms with Crippen molar-refractivity contribution < 1.29 is 0 Å². The van der Waals surface area contributed by atoms with Gasteiger partial charge in [0.2, 0.25) is 0 Å². The van der Waals surface area contributed by atoms with Crippen molar-refractivity contribution in [3.63, 3.8) is 0 Å². The predicted octanol–water partition coefficient (Wildman–Crippen LogP) is 3.49. The number of nitrogens with zero attached hydrogens (tertiary/aromatic N) is 2. The highest BCUT2D eigenvalue weighted by Crippen LogP contribution is 2.24. The molecular weight excluding hydrogens is 218 g/mol. The van der Waals surface area contributed by atoms with Crippen LogP contribution in [-0.2, 0) is 0 Å². The lowest BCUT2D eigenvalue weighted by Crippen LogP contribution is -2.09. The summed E-state index contributed by atoms with van der Waals surface area (Å²) in [5.41, 5.74) is 1.32. The molecule has 16 heavy (non-hydrogen) atoms. The maximum Gasteiger partial charge on any atom is 0.130 e. The van der Waals surface area contributed by atoms with Crippen LogP contribution >= 0.6 is 11.5 Å². The van der Waals surface area contributed by atoms with E-state index in [1.165, 1.54) is 17.1 Å². The number of nitrogens with one attached hydrogen (secondary N) is 1. The first-order valence-corrected chi connectivity index (χ1v) is 6.26. The van der Waals surface area contributed by atoms with Crippen molar-refractivity contribution in [3.8, 4) is 0 Å². The molecule has 1 N–H and O–H groups in total. The second kappa shape index (κ2) is 5.61. The highest BCUT2D eigenvalue weighted by molar-refractivity contribution is 7.09. The van der Waals surface area contributed by atoms with Crippen LogP contribution < -0.4 is 5.32 Å². The summed E-state index contributed by atoms with van der Waals surface area (Å²) in [6, 6.07) is 10.9. The lowest BCUT2D eigenvalue weighted by molar-refractivity contribution is 0.679. The Balaban J connectivity index is 2.11. The Morgan fingerprint density at radius 3 is 2.75 bits per heavy atom. The van der Waals surface area contributed by atoms with Gasteiger partial charge >= 0.3 is 0 Å². The number of rotatable bonds is 5. The van der Waals surface area contributed by atoms with E-state index in [1.54, 1.807) is 6.20 Å². The minimum atomic E-state index is 0.355. The van der Waals surface area contributed by atoms with Gasteiger partial charge in [0.1, 0.15) is 5.00 Å². The number of hydrogen-bond donors (Lipinski definition) is 1. The van der Waals surface area contributed by atoms with E-state index in [-0.39, 0.29) is 0 Å². The molecule has 1 atom stereocenters. The average Bonchev–Trinajstić information content (AvgIpc) is 2.83. The van der Waals surface area contributed by atoms with E-state index in [1.807, 2.05) is 6.07 Å². The van der Waals surface area contributed by atoms with Gasteiger partial charge in [0, 0.05) is 11.5 Å². The smallest absolute Gasteiger partial charge is 0.130 e. The number of anilines is 1.